The quantitative estimate of drug-likeness (QED) is 0.611. The Morgan fingerprint density at radius 3 is 3.13 bits per heavy atom. The predicted molar refractivity (Wildman–Crippen MR) is 83.7 cm³/mol. The average Bonchev–Trinajstić information content (AvgIpc) is 2.97. The number of carbonyl (C=O) groups is 1. The fourth-order valence-electron chi connectivity index (χ4n) is 2.90. The Morgan fingerprint density at radius 1 is 1.52 bits per heavy atom. The molecule has 0 aliphatic carbocycles. The van der Waals surface area contributed by atoms with Gasteiger partial charge in [0.05, 0.1) is 54.9 Å². The van der Waals surface area contributed by atoms with Crippen LogP contribution in [-0.2, 0) is 18.2 Å². The summed E-state index contributed by atoms with van der Waals surface area (Å²) in [5, 5.41) is 7.52. The van der Waals surface area contributed by atoms with Gasteiger partial charge in [0, 0.05) is 20.0 Å². The van der Waals surface area contributed by atoms with Gasteiger partial charge in [0.2, 0.25) is 0 Å². The summed E-state index contributed by atoms with van der Waals surface area (Å²) in [5.41, 5.74) is 2.58. The third kappa shape index (κ3) is 3.00. The van der Waals surface area contributed by atoms with E-state index in [1.54, 1.807) is 18.5 Å². The Labute approximate surface area is 134 Å². The third-order valence-corrected chi connectivity index (χ3v) is 3.95. The van der Waals surface area contributed by atoms with E-state index in [2.05, 4.69) is 21.8 Å². The fourth-order valence-corrected chi connectivity index (χ4v) is 2.90. The number of imidazole rings is 1. The minimum atomic E-state index is -0.174. The van der Waals surface area contributed by atoms with Crippen LogP contribution < -0.4 is 0 Å². The maximum Gasteiger partial charge on any atom is 0.256 e. The van der Waals surface area contributed by atoms with Crippen molar-refractivity contribution in [2.24, 2.45) is 7.05 Å². The van der Waals surface area contributed by atoms with Crippen LogP contribution >= 0.6 is 0 Å². The van der Waals surface area contributed by atoms with Crippen molar-refractivity contribution in [3.05, 3.63) is 54.4 Å². The summed E-state index contributed by atoms with van der Waals surface area (Å²) in [4.78, 5) is 19.1. The van der Waals surface area contributed by atoms with Gasteiger partial charge >= 0.3 is 0 Å². The topological polar surface area (TPSA) is 73.1 Å². The standard InChI is InChI=1S/C16H19N5O2/c1-3-8-23-10-14-15-13(17-11-20(15)2)5-7-21(14)16(22)12-4-6-18-19-9-12/h3-4,6,9,11,14H,1,5,7-8,10H2,2H3. The second-order valence-corrected chi connectivity index (χ2v) is 5.41. The van der Waals surface area contributed by atoms with Crippen LogP contribution in [0.3, 0.4) is 0 Å². The lowest BCUT2D eigenvalue weighted by Gasteiger charge is -2.35. The van der Waals surface area contributed by atoms with Crippen LogP contribution in [-0.4, -0.2) is 50.3 Å². The van der Waals surface area contributed by atoms with Gasteiger partial charge in [-0.3, -0.25) is 4.79 Å². The molecule has 2 aromatic rings. The van der Waals surface area contributed by atoms with Crippen LogP contribution in [0.25, 0.3) is 0 Å². The first-order chi connectivity index (χ1) is 11.2. The maximum absolute atomic E-state index is 12.8. The van der Waals surface area contributed by atoms with Gasteiger partial charge < -0.3 is 14.2 Å². The van der Waals surface area contributed by atoms with Crippen molar-refractivity contribution in [3.8, 4) is 0 Å². The van der Waals surface area contributed by atoms with Crippen molar-refractivity contribution in [1.82, 2.24) is 24.6 Å². The Bertz CT molecular complexity index is 698. The zero-order valence-corrected chi connectivity index (χ0v) is 13.1. The monoisotopic (exact) mass is 313 g/mol. The number of ether oxygens (including phenoxy) is 1. The maximum atomic E-state index is 12.8. The number of amides is 1. The Balaban J connectivity index is 1.90. The molecule has 1 aliphatic rings. The van der Waals surface area contributed by atoms with Gasteiger partial charge in [-0.2, -0.15) is 10.2 Å². The number of hydrogen-bond acceptors (Lipinski definition) is 5. The van der Waals surface area contributed by atoms with E-state index < -0.39 is 0 Å². The SMILES string of the molecule is C=CCOCC1c2c(ncn2C)CCN1C(=O)c1ccnnc1. The molecule has 1 unspecified atom stereocenters. The molecule has 0 N–H and O–H groups in total. The van der Waals surface area contributed by atoms with Crippen LogP contribution in [0.4, 0.5) is 0 Å². The first-order valence-electron chi connectivity index (χ1n) is 7.48. The van der Waals surface area contributed by atoms with Gasteiger partial charge in [0.15, 0.2) is 0 Å². The average molecular weight is 313 g/mol. The van der Waals surface area contributed by atoms with Crippen molar-refractivity contribution in [3.63, 3.8) is 0 Å². The van der Waals surface area contributed by atoms with Crippen molar-refractivity contribution in [2.75, 3.05) is 19.8 Å². The van der Waals surface area contributed by atoms with E-state index in [1.807, 2.05) is 16.5 Å². The number of carbonyl (C=O) groups excluding carboxylic acids is 1. The molecular weight excluding hydrogens is 294 g/mol. The van der Waals surface area contributed by atoms with Crippen molar-refractivity contribution in [2.45, 2.75) is 12.5 Å². The Morgan fingerprint density at radius 2 is 2.39 bits per heavy atom. The molecule has 23 heavy (non-hydrogen) atoms. The van der Waals surface area contributed by atoms with Gasteiger partial charge in [-0.25, -0.2) is 4.98 Å². The zero-order valence-electron chi connectivity index (χ0n) is 13.1. The second kappa shape index (κ2) is 6.70. The molecule has 0 spiro atoms. The van der Waals surface area contributed by atoms with Crippen molar-refractivity contribution >= 4 is 5.91 Å². The predicted octanol–water partition coefficient (Wildman–Crippen LogP) is 1.15. The number of rotatable bonds is 5. The zero-order chi connectivity index (χ0) is 16.2. The molecule has 1 aliphatic heterocycles. The highest BCUT2D eigenvalue weighted by Gasteiger charge is 2.34. The minimum absolute atomic E-state index is 0.0704. The molecule has 7 heteroatoms. The molecule has 0 aromatic carbocycles. The summed E-state index contributed by atoms with van der Waals surface area (Å²) in [5.74, 6) is -0.0704. The lowest BCUT2D eigenvalue weighted by molar-refractivity contribution is 0.0430. The smallest absolute Gasteiger partial charge is 0.256 e. The summed E-state index contributed by atoms with van der Waals surface area (Å²) in [6.45, 7) is 5.12. The lowest BCUT2D eigenvalue weighted by Crippen LogP contribution is -2.43. The Hall–Kier alpha value is -2.54. The van der Waals surface area contributed by atoms with E-state index in [4.69, 9.17) is 4.74 Å². The summed E-state index contributed by atoms with van der Waals surface area (Å²) >= 11 is 0. The van der Waals surface area contributed by atoms with Gasteiger partial charge in [-0.1, -0.05) is 6.08 Å². The summed E-state index contributed by atoms with van der Waals surface area (Å²) in [6, 6.07) is 1.50. The summed E-state index contributed by atoms with van der Waals surface area (Å²) in [6.07, 6.45) is 7.23. The largest absolute Gasteiger partial charge is 0.375 e. The normalized spacial score (nSPS) is 16.9. The number of nitrogens with zero attached hydrogens (tertiary/aromatic N) is 5. The highest BCUT2D eigenvalue weighted by Crippen LogP contribution is 2.30. The fraction of sp³-hybridized carbons (Fsp3) is 0.375. The molecule has 120 valence electrons. The van der Waals surface area contributed by atoms with E-state index in [0.717, 1.165) is 17.8 Å². The van der Waals surface area contributed by atoms with E-state index in [1.165, 1.54) is 12.4 Å². The highest BCUT2D eigenvalue weighted by atomic mass is 16.5. The molecule has 1 atom stereocenters. The van der Waals surface area contributed by atoms with Gasteiger partial charge in [-0.05, 0) is 6.07 Å². The van der Waals surface area contributed by atoms with Crippen LogP contribution in [0, 0.1) is 0 Å². The molecule has 0 fully saturated rings. The molecule has 7 nitrogen and oxygen atoms in total. The number of aryl methyl sites for hydroxylation is 1. The minimum Gasteiger partial charge on any atom is -0.375 e. The van der Waals surface area contributed by atoms with Crippen LogP contribution in [0.15, 0.2) is 37.4 Å². The summed E-state index contributed by atoms with van der Waals surface area (Å²) < 4.78 is 7.60. The van der Waals surface area contributed by atoms with Gasteiger partial charge in [0.1, 0.15) is 0 Å². The van der Waals surface area contributed by atoms with E-state index in [-0.39, 0.29) is 11.9 Å². The second-order valence-electron chi connectivity index (χ2n) is 5.41. The molecule has 3 heterocycles. The number of fused-ring (bicyclic) bond motifs is 1. The Kier molecular flexibility index (Phi) is 4.47. The first-order valence-corrected chi connectivity index (χ1v) is 7.48. The third-order valence-electron chi connectivity index (χ3n) is 3.95. The lowest BCUT2D eigenvalue weighted by atomic mass is 10.0. The van der Waals surface area contributed by atoms with Crippen molar-refractivity contribution in [1.29, 1.82) is 0 Å². The molecule has 1 amide bonds. The highest BCUT2D eigenvalue weighted by molar-refractivity contribution is 5.94. The van der Waals surface area contributed by atoms with Gasteiger partial charge in [-0.15, -0.1) is 6.58 Å². The van der Waals surface area contributed by atoms with Crippen LogP contribution in [0.5, 0.6) is 0 Å². The van der Waals surface area contributed by atoms with Gasteiger partial charge in [0.25, 0.3) is 5.91 Å². The number of aromatic nitrogens is 4. The van der Waals surface area contributed by atoms with Crippen LogP contribution in [0.1, 0.15) is 27.8 Å². The molecule has 0 bridgehead atoms. The van der Waals surface area contributed by atoms with E-state index in [0.29, 0.717) is 25.3 Å². The van der Waals surface area contributed by atoms with Crippen LogP contribution in [0.2, 0.25) is 0 Å². The molecule has 0 saturated heterocycles. The van der Waals surface area contributed by atoms with E-state index >= 15 is 0 Å². The number of hydrogen-bond donors (Lipinski definition) is 0. The molecular formula is C16H19N5O2. The van der Waals surface area contributed by atoms with Crippen molar-refractivity contribution < 1.29 is 9.53 Å². The molecule has 0 saturated carbocycles. The van der Waals surface area contributed by atoms with E-state index in [9.17, 15) is 4.79 Å². The molecule has 2 aromatic heterocycles. The first kappa shape index (κ1) is 15.4. The molecule has 3 rings (SSSR count). The summed E-state index contributed by atoms with van der Waals surface area (Å²) in [7, 11) is 1.94. The molecule has 0 radical (unpaired) electrons.